The minimum Gasteiger partial charge on any atom is -0.481 e. The first kappa shape index (κ1) is 17.0. The molecule has 112 valence electrons. The maximum absolute atomic E-state index is 11.0. The molecule has 20 heavy (non-hydrogen) atoms. The average Bonchev–Trinajstić information content (AvgIpc) is 2.45. The lowest BCUT2D eigenvalue weighted by atomic mass is 9.82. The Morgan fingerprint density at radius 3 is 2.45 bits per heavy atom. The Morgan fingerprint density at radius 1 is 1.20 bits per heavy atom. The SMILES string of the molecule is Cl.O=C(O)CC(NCc1ccccc1)C1CCCCC1. The fourth-order valence-corrected chi connectivity index (χ4v) is 2.97. The summed E-state index contributed by atoms with van der Waals surface area (Å²) >= 11 is 0. The van der Waals surface area contributed by atoms with E-state index in [0.29, 0.717) is 5.92 Å². The molecule has 0 amide bonds. The molecule has 4 heteroatoms. The van der Waals surface area contributed by atoms with Crippen molar-refractivity contribution in [2.24, 2.45) is 5.92 Å². The summed E-state index contributed by atoms with van der Waals surface area (Å²) in [5.74, 6) is -0.176. The van der Waals surface area contributed by atoms with Crippen molar-refractivity contribution < 1.29 is 9.90 Å². The van der Waals surface area contributed by atoms with E-state index in [-0.39, 0.29) is 24.9 Å². The lowest BCUT2D eigenvalue weighted by Crippen LogP contribution is -2.38. The van der Waals surface area contributed by atoms with Crippen LogP contribution in [0.2, 0.25) is 0 Å². The number of nitrogens with one attached hydrogen (secondary N) is 1. The monoisotopic (exact) mass is 297 g/mol. The number of aliphatic carboxylic acids is 1. The normalized spacial score (nSPS) is 17.2. The Balaban J connectivity index is 0.00000200. The fraction of sp³-hybridized carbons (Fsp3) is 0.562. The second kappa shape index (κ2) is 8.98. The molecule has 1 aromatic carbocycles. The zero-order valence-electron chi connectivity index (χ0n) is 11.8. The van der Waals surface area contributed by atoms with E-state index in [2.05, 4.69) is 17.4 Å². The van der Waals surface area contributed by atoms with Crippen molar-refractivity contribution in [3.05, 3.63) is 35.9 Å². The van der Waals surface area contributed by atoms with E-state index < -0.39 is 5.97 Å². The standard InChI is InChI=1S/C16H23NO2.ClH/c18-16(19)11-15(14-9-5-2-6-10-14)17-12-13-7-3-1-4-8-13;/h1,3-4,7-8,14-15,17H,2,5-6,9-12H2,(H,18,19);1H. The van der Waals surface area contributed by atoms with Gasteiger partial charge in [0.1, 0.15) is 0 Å². The zero-order chi connectivity index (χ0) is 13.5. The van der Waals surface area contributed by atoms with E-state index in [4.69, 9.17) is 5.11 Å². The van der Waals surface area contributed by atoms with Crippen molar-refractivity contribution in [3.8, 4) is 0 Å². The minimum atomic E-state index is -0.698. The molecule has 3 nitrogen and oxygen atoms in total. The van der Waals surface area contributed by atoms with E-state index in [1.165, 1.54) is 37.7 Å². The molecule has 1 fully saturated rings. The Labute approximate surface area is 127 Å². The molecule has 0 spiro atoms. The molecule has 1 aliphatic carbocycles. The predicted molar refractivity (Wildman–Crippen MR) is 83.1 cm³/mol. The second-order valence-corrected chi connectivity index (χ2v) is 5.47. The van der Waals surface area contributed by atoms with Gasteiger partial charge < -0.3 is 10.4 Å². The topological polar surface area (TPSA) is 49.3 Å². The van der Waals surface area contributed by atoms with Gasteiger partial charge in [0.2, 0.25) is 0 Å². The summed E-state index contributed by atoms with van der Waals surface area (Å²) in [5.41, 5.74) is 1.22. The van der Waals surface area contributed by atoms with Crippen LogP contribution in [0.3, 0.4) is 0 Å². The van der Waals surface area contributed by atoms with Crippen LogP contribution in [0.15, 0.2) is 30.3 Å². The molecule has 1 atom stereocenters. The molecule has 0 radical (unpaired) electrons. The van der Waals surface area contributed by atoms with E-state index in [9.17, 15) is 4.79 Å². The highest BCUT2D eigenvalue weighted by molar-refractivity contribution is 5.85. The predicted octanol–water partition coefficient (Wildman–Crippen LogP) is 3.62. The summed E-state index contributed by atoms with van der Waals surface area (Å²) < 4.78 is 0. The Morgan fingerprint density at radius 2 is 1.85 bits per heavy atom. The fourth-order valence-electron chi connectivity index (χ4n) is 2.97. The molecule has 2 N–H and O–H groups in total. The highest BCUT2D eigenvalue weighted by atomic mass is 35.5. The smallest absolute Gasteiger partial charge is 0.304 e. The Kier molecular flexibility index (Phi) is 7.63. The van der Waals surface area contributed by atoms with Crippen LogP contribution in [0.5, 0.6) is 0 Å². The summed E-state index contributed by atoms with van der Waals surface area (Å²) in [7, 11) is 0. The molecule has 0 bridgehead atoms. The van der Waals surface area contributed by atoms with Gasteiger partial charge in [0.25, 0.3) is 0 Å². The highest BCUT2D eigenvalue weighted by Gasteiger charge is 2.25. The average molecular weight is 298 g/mol. The van der Waals surface area contributed by atoms with Crippen LogP contribution in [0.25, 0.3) is 0 Å². The number of halogens is 1. The molecule has 1 saturated carbocycles. The zero-order valence-corrected chi connectivity index (χ0v) is 12.6. The molecule has 2 rings (SSSR count). The quantitative estimate of drug-likeness (QED) is 0.843. The molecule has 0 saturated heterocycles. The molecular weight excluding hydrogens is 274 g/mol. The van der Waals surface area contributed by atoms with Gasteiger partial charge in [0.05, 0.1) is 6.42 Å². The summed E-state index contributed by atoms with van der Waals surface area (Å²) in [4.78, 5) is 11.0. The van der Waals surface area contributed by atoms with Gasteiger partial charge in [-0.15, -0.1) is 12.4 Å². The lowest BCUT2D eigenvalue weighted by Gasteiger charge is -2.30. The highest BCUT2D eigenvalue weighted by Crippen LogP contribution is 2.28. The first-order valence-electron chi connectivity index (χ1n) is 7.25. The summed E-state index contributed by atoms with van der Waals surface area (Å²) in [6.07, 6.45) is 6.35. The number of carbonyl (C=O) groups is 1. The van der Waals surface area contributed by atoms with Gasteiger partial charge in [0.15, 0.2) is 0 Å². The van der Waals surface area contributed by atoms with E-state index in [1.807, 2.05) is 18.2 Å². The van der Waals surface area contributed by atoms with Crippen molar-refractivity contribution in [2.45, 2.75) is 51.1 Å². The third-order valence-corrected chi connectivity index (χ3v) is 4.02. The van der Waals surface area contributed by atoms with Crippen LogP contribution in [0.4, 0.5) is 0 Å². The maximum Gasteiger partial charge on any atom is 0.304 e. The van der Waals surface area contributed by atoms with Gasteiger partial charge in [-0.25, -0.2) is 0 Å². The molecule has 0 aromatic heterocycles. The minimum absolute atomic E-state index is 0. The van der Waals surface area contributed by atoms with Gasteiger partial charge in [0, 0.05) is 12.6 Å². The number of carboxylic acid groups (broad SMARTS) is 1. The first-order chi connectivity index (χ1) is 9.25. The largest absolute Gasteiger partial charge is 0.481 e. The van der Waals surface area contributed by atoms with Crippen LogP contribution in [0, 0.1) is 5.92 Å². The molecule has 1 aromatic rings. The molecule has 1 aliphatic rings. The van der Waals surface area contributed by atoms with Gasteiger partial charge in [-0.3, -0.25) is 4.79 Å². The molecule has 0 heterocycles. The number of hydrogen-bond acceptors (Lipinski definition) is 2. The van der Waals surface area contributed by atoms with Crippen molar-refractivity contribution >= 4 is 18.4 Å². The van der Waals surface area contributed by atoms with Crippen LogP contribution >= 0.6 is 12.4 Å². The van der Waals surface area contributed by atoms with Gasteiger partial charge >= 0.3 is 5.97 Å². The summed E-state index contributed by atoms with van der Waals surface area (Å²) in [5, 5.41) is 12.5. The number of benzene rings is 1. The van der Waals surface area contributed by atoms with Gasteiger partial charge in [-0.05, 0) is 24.3 Å². The first-order valence-corrected chi connectivity index (χ1v) is 7.25. The van der Waals surface area contributed by atoms with Crippen molar-refractivity contribution in [3.63, 3.8) is 0 Å². The maximum atomic E-state index is 11.0. The van der Waals surface area contributed by atoms with Gasteiger partial charge in [-0.2, -0.15) is 0 Å². The van der Waals surface area contributed by atoms with Gasteiger partial charge in [-0.1, -0.05) is 49.6 Å². The van der Waals surface area contributed by atoms with Crippen molar-refractivity contribution in [1.29, 1.82) is 0 Å². The second-order valence-electron chi connectivity index (χ2n) is 5.47. The number of hydrogen-bond donors (Lipinski definition) is 2. The Bertz CT molecular complexity index is 391. The lowest BCUT2D eigenvalue weighted by molar-refractivity contribution is -0.138. The van der Waals surface area contributed by atoms with E-state index >= 15 is 0 Å². The van der Waals surface area contributed by atoms with E-state index in [0.717, 1.165) is 6.54 Å². The van der Waals surface area contributed by atoms with Crippen LogP contribution < -0.4 is 5.32 Å². The number of carboxylic acids is 1. The third kappa shape index (κ3) is 5.51. The summed E-state index contributed by atoms with van der Waals surface area (Å²) in [6, 6.07) is 10.3. The molecule has 1 unspecified atom stereocenters. The van der Waals surface area contributed by atoms with Crippen LogP contribution in [-0.4, -0.2) is 17.1 Å². The van der Waals surface area contributed by atoms with Crippen molar-refractivity contribution in [1.82, 2.24) is 5.32 Å². The molecule has 0 aliphatic heterocycles. The number of rotatable bonds is 6. The van der Waals surface area contributed by atoms with Crippen LogP contribution in [-0.2, 0) is 11.3 Å². The summed E-state index contributed by atoms with van der Waals surface area (Å²) in [6.45, 7) is 0.759. The third-order valence-electron chi connectivity index (χ3n) is 4.02. The van der Waals surface area contributed by atoms with Crippen LogP contribution in [0.1, 0.15) is 44.1 Å². The van der Waals surface area contributed by atoms with Crippen molar-refractivity contribution in [2.75, 3.05) is 0 Å². The van der Waals surface area contributed by atoms with E-state index in [1.54, 1.807) is 0 Å². The Hall–Kier alpha value is -1.06. The molecular formula is C16H24ClNO2.